The molecule has 1 aromatic carbocycles. The molecule has 27 heavy (non-hydrogen) atoms. The van der Waals surface area contributed by atoms with Gasteiger partial charge in [-0.15, -0.1) is 0 Å². The van der Waals surface area contributed by atoms with E-state index in [2.05, 4.69) is 10.3 Å². The lowest BCUT2D eigenvalue weighted by atomic mass is 10.1. The van der Waals surface area contributed by atoms with Gasteiger partial charge in [-0.05, 0) is 70.2 Å². The normalized spacial score (nSPS) is 14.4. The zero-order chi connectivity index (χ0) is 19.6. The minimum absolute atomic E-state index is 0.160. The fourth-order valence-electron chi connectivity index (χ4n) is 3.59. The molecule has 144 valence electrons. The van der Waals surface area contributed by atoms with E-state index in [-0.39, 0.29) is 24.1 Å². The molecule has 1 aliphatic carbocycles. The molecule has 1 amide bonds. The first-order valence-corrected chi connectivity index (χ1v) is 9.68. The summed E-state index contributed by atoms with van der Waals surface area (Å²) in [6.45, 7) is 5.71. The molecule has 0 saturated heterocycles. The first-order valence-electron chi connectivity index (χ1n) is 9.30. The second-order valence-electron chi connectivity index (χ2n) is 7.20. The second-order valence-corrected chi connectivity index (χ2v) is 7.61. The van der Waals surface area contributed by atoms with Gasteiger partial charge in [-0.1, -0.05) is 11.6 Å². The number of aromatic nitrogens is 1. The number of carbonyl (C=O) groups excluding carboxylic acids is 1. The van der Waals surface area contributed by atoms with Crippen molar-refractivity contribution in [2.45, 2.75) is 59.1 Å². The SMILES string of the molecule is Cc1cc(C)c(CNC(=O)c2ccc(Cl)c(OC3CCCC3)c2C)c(=O)[nH]1. The maximum absolute atomic E-state index is 12.7. The largest absolute Gasteiger partial charge is 0.489 e. The Balaban J connectivity index is 1.78. The first-order chi connectivity index (χ1) is 12.9. The molecular formula is C21H25ClN2O3. The van der Waals surface area contributed by atoms with E-state index in [1.165, 1.54) is 0 Å². The van der Waals surface area contributed by atoms with Crippen molar-refractivity contribution in [3.63, 3.8) is 0 Å². The number of H-pyrrole nitrogens is 1. The highest BCUT2D eigenvalue weighted by atomic mass is 35.5. The number of nitrogens with one attached hydrogen (secondary N) is 2. The summed E-state index contributed by atoms with van der Waals surface area (Å²) in [5.41, 5.74) is 3.27. The molecule has 0 aliphatic heterocycles. The van der Waals surface area contributed by atoms with Crippen LogP contribution in [0, 0.1) is 20.8 Å². The number of hydrogen-bond acceptors (Lipinski definition) is 3. The van der Waals surface area contributed by atoms with E-state index in [1.807, 2.05) is 26.8 Å². The van der Waals surface area contributed by atoms with Crippen LogP contribution in [0.3, 0.4) is 0 Å². The van der Waals surface area contributed by atoms with Crippen molar-refractivity contribution in [3.8, 4) is 5.75 Å². The Morgan fingerprint density at radius 3 is 2.63 bits per heavy atom. The molecule has 3 rings (SSSR count). The van der Waals surface area contributed by atoms with Gasteiger partial charge >= 0.3 is 0 Å². The highest BCUT2D eigenvalue weighted by Crippen LogP contribution is 2.34. The van der Waals surface area contributed by atoms with E-state index in [0.29, 0.717) is 21.9 Å². The van der Waals surface area contributed by atoms with Crippen LogP contribution in [0.25, 0.3) is 0 Å². The van der Waals surface area contributed by atoms with Crippen LogP contribution in [-0.2, 0) is 6.54 Å². The van der Waals surface area contributed by atoms with Gasteiger partial charge in [0.15, 0.2) is 0 Å². The molecule has 1 saturated carbocycles. The number of aryl methyl sites for hydroxylation is 2. The summed E-state index contributed by atoms with van der Waals surface area (Å²) >= 11 is 6.31. The number of carbonyl (C=O) groups is 1. The van der Waals surface area contributed by atoms with Gasteiger partial charge in [0.25, 0.3) is 11.5 Å². The highest BCUT2D eigenvalue weighted by molar-refractivity contribution is 6.32. The van der Waals surface area contributed by atoms with Crippen molar-refractivity contribution in [1.29, 1.82) is 0 Å². The van der Waals surface area contributed by atoms with Gasteiger partial charge in [0.05, 0.1) is 11.1 Å². The van der Waals surface area contributed by atoms with E-state index >= 15 is 0 Å². The molecule has 1 fully saturated rings. The van der Waals surface area contributed by atoms with Crippen molar-refractivity contribution in [1.82, 2.24) is 10.3 Å². The average Bonchev–Trinajstić information content (AvgIpc) is 3.10. The predicted molar refractivity (Wildman–Crippen MR) is 107 cm³/mol. The minimum atomic E-state index is -0.250. The lowest BCUT2D eigenvalue weighted by Crippen LogP contribution is -2.28. The van der Waals surface area contributed by atoms with Gasteiger partial charge in [-0.2, -0.15) is 0 Å². The number of rotatable bonds is 5. The minimum Gasteiger partial charge on any atom is -0.489 e. The highest BCUT2D eigenvalue weighted by Gasteiger charge is 2.21. The summed E-state index contributed by atoms with van der Waals surface area (Å²) in [4.78, 5) is 27.6. The van der Waals surface area contributed by atoms with Gasteiger partial charge < -0.3 is 15.0 Å². The third-order valence-corrected chi connectivity index (χ3v) is 5.41. The molecule has 0 bridgehead atoms. The molecule has 0 spiro atoms. The van der Waals surface area contributed by atoms with Crippen LogP contribution < -0.4 is 15.6 Å². The van der Waals surface area contributed by atoms with E-state index in [9.17, 15) is 9.59 Å². The maximum Gasteiger partial charge on any atom is 0.253 e. The Hall–Kier alpha value is -2.27. The Labute approximate surface area is 164 Å². The van der Waals surface area contributed by atoms with Gasteiger partial charge in [0.1, 0.15) is 5.75 Å². The molecule has 5 nitrogen and oxygen atoms in total. The van der Waals surface area contributed by atoms with Crippen LogP contribution in [0.1, 0.15) is 58.4 Å². The van der Waals surface area contributed by atoms with E-state index in [1.54, 1.807) is 12.1 Å². The maximum atomic E-state index is 12.7. The lowest BCUT2D eigenvalue weighted by molar-refractivity contribution is 0.0949. The Morgan fingerprint density at radius 2 is 1.96 bits per heavy atom. The molecule has 1 aromatic heterocycles. The quantitative estimate of drug-likeness (QED) is 0.806. The predicted octanol–water partition coefficient (Wildman–Crippen LogP) is 4.20. The number of aromatic amines is 1. The monoisotopic (exact) mass is 388 g/mol. The van der Waals surface area contributed by atoms with Crippen LogP contribution in [0.5, 0.6) is 5.75 Å². The van der Waals surface area contributed by atoms with E-state index in [0.717, 1.165) is 42.5 Å². The lowest BCUT2D eigenvalue weighted by Gasteiger charge is -2.18. The molecule has 1 aliphatic rings. The van der Waals surface area contributed by atoms with Crippen molar-refractivity contribution in [3.05, 3.63) is 61.5 Å². The van der Waals surface area contributed by atoms with Gasteiger partial charge in [0.2, 0.25) is 0 Å². The van der Waals surface area contributed by atoms with Crippen molar-refractivity contribution >= 4 is 17.5 Å². The van der Waals surface area contributed by atoms with Crippen LogP contribution in [0.15, 0.2) is 23.0 Å². The fourth-order valence-corrected chi connectivity index (χ4v) is 3.84. The summed E-state index contributed by atoms with van der Waals surface area (Å²) in [5, 5.41) is 3.36. The van der Waals surface area contributed by atoms with Crippen LogP contribution >= 0.6 is 11.6 Å². The molecule has 0 atom stereocenters. The van der Waals surface area contributed by atoms with Gasteiger partial charge in [-0.3, -0.25) is 9.59 Å². The van der Waals surface area contributed by atoms with Gasteiger partial charge in [0, 0.05) is 28.9 Å². The number of hydrogen-bond donors (Lipinski definition) is 2. The number of amides is 1. The molecule has 6 heteroatoms. The van der Waals surface area contributed by atoms with Gasteiger partial charge in [-0.25, -0.2) is 0 Å². The molecule has 0 radical (unpaired) electrons. The van der Waals surface area contributed by atoms with Crippen LogP contribution in [0.4, 0.5) is 0 Å². The standard InChI is InChI=1S/C21H25ClN2O3/c1-12-10-13(2)24-21(26)17(12)11-23-20(25)16-8-9-18(22)19(14(16)3)27-15-6-4-5-7-15/h8-10,15H,4-7,11H2,1-3H3,(H,23,25)(H,24,26). The third-order valence-electron chi connectivity index (χ3n) is 5.11. The molecule has 2 N–H and O–H groups in total. The van der Waals surface area contributed by atoms with Crippen molar-refractivity contribution in [2.75, 3.05) is 0 Å². The zero-order valence-corrected chi connectivity index (χ0v) is 16.7. The summed E-state index contributed by atoms with van der Waals surface area (Å²) in [6.07, 6.45) is 4.51. The topological polar surface area (TPSA) is 71.2 Å². The molecule has 1 heterocycles. The smallest absolute Gasteiger partial charge is 0.253 e. The van der Waals surface area contributed by atoms with E-state index in [4.69, 9.17) is 16.3 Å². The fraction of sp³-hybridized carbons (Fsp3) is 0.429. The molecule has 0 unspecified atom stereocenters. The summed E-state index contributed by atoms with van der Waals surface area (Å²) in [7, 11) is 0. The van der Waals surface area contributed by atoms with E-state index < -0.39 is 0 Å². The van der Waals surface area contributed by atoms with Crippen LogP contribution in [0.2, 0.25) is 5.02 Å². The Kier molecular flexibility index (Phi) is 5.90. The van der Waals surface area contributed by atoms with Crippen LogP contribution in [-0.4, -0.2) is 17.0 Å². The second kappa shape index (κ2) is 8.17. The summed E-state index contributed by atoms with van der Waals surface area (Å²) in [5.74, 6) is 0.334. The summed E-state index contributed by atoms with van der Waals surface area (Å²) in [6, 6.07) is 5.28. The Bertz CT molecular complexity index is 914. The Morgan fingerprint density at radius 1 is 1.26 bits per heavy atom. The number of ether oxygens (including phenoxy) is 1. The van der Waals surface area contributed by atoms with Crippen molar-refractivity contribution < 1.29 is 9.53 Å². The number of benzene rings is 1. The third kappa shape index (κ3) is 4.35. The first kappa shape index (κ1) is 19.5. The average molecular weight is 389 g/mol. The number of halogens is 1. The van der Waals surface area contributed by atoms with Crippen molar-refractivity contribution in [2.24, 2.45) is 0 Å². The molecule has 2 aromatic rings. The summed E-state index contributed by atoms with van der Waals surface area (Å²) < 4.78 is 6.07. The number of pyridine rings is 1. The zero-order valence-electron chi connectivity index (χ0n) is 15.9. The molecular weight excluding hydrogens is 364 g/mol.